The number of hydrogen-bond acceptors (Lipinski definition) is 8. The molecule has 2 aromatic carbocycles. The zero-order valence-electron chi connectivity index (χ0n) is 21.7. The first-order valence-corrected chi connectivity index (χ1v) is 13.7. The Bertz CT molecular complexity index is 1940. The maximum atomic E-state index is 16.7. The summed E-state index contributed by atoms with van der Waals surface area (Å²) >= 11 is 7.70. The first-order valence-electron chi connectivity index (χ1n) is 12.5. The lowest BCUT2D eigenvalue weighted by Crippen LogP contribution is -2.48. The molecule has 0 spiro atoms. The highest BCUT2D eigenvalue weighted by molar-refractivity contribution is 7.22. The molecule has 0 radical (unpaired) electrons. The predicted molar refractivity (Wildman–Crippen MR) is 156 cm³/mol. The Morgan fingerprint density at radius 1 is 1.22 bits per heavy atom. The number of nitrogens with zero attached hydrogens (tertiary/aromatic N) is 7. The molecular formula is C28H21ClF2N8OS. The third-order valence-electron chi connectivity index (χ3n) is 7.10. The van der Waals surface area contributed by atoms with Gasteiger partial charge in [0, 0.05) is 61.5 Å². The zero-order valence-corrected chi connectivity index (χ0v) is 23.2. The monoisotopic (exact) mass is 590 g/mol. The van der Waals surface area contributed by atoms with Crippen molar-refractivity contribution in [3.05, 3.63) is 65.5 Å². The molecule has 41 heavy (non-hydrogen) atoms. The van der Waals surface area contributed by atoms with E-state index in [1.54, 1.807) is 35.1 Å². The molecule has 0 atom stereocenters. The fourth-order valence-corrected chi connectivity index (χ4v) is 6.28. The summed E-state index contributed by atoms with van der Waals surface area (Å²) in [6.45, 7) is 5.09. The molecule has 4 heterocycles. The number of piperazine rings is 1. The van der Waals surface area contributed by atoms with Gasteiger partial charge in [0.1, 0.15) is 23.0 Å². The Morgan fingerprint density at radius 3 is 2.63 bits per heavy atom. The summed E-state index contributed by atoms with van der Waals surface area (Å²) < 4.78 is 33.0. The van der Waals surface area contributed by atoms with Crippen molar-refractivity contribution in [2.45, 2.75) is 0 Å². The maximum Gasteiger partial charge on any atom is 0.246 e. The number of anilines is 2. The number of nitrogen functional groups attached to an aromatic ring is 1. The van der Waals surface area contributed by atoms with E-state index < -0.39 is 11.6 Å². The van der Waals surface area contributed by atoms with E-state index in [2.05, 4.69) is 27.7 Å². The fraction of sp³-hybridized carbons (Fsp3) is 0.179. The normalized spacial score (nSPS) is 13.6. The van der Waals surface area contributed by atoms with Crippen molar-refractivity contribution < 1.29 is 13.6 Å². The Kier molecular flexibility index (Phi) is 6.56. The van der Waals surface area contributed by atoms with Gasteiger partial charge in [-0.3, -0.25) is 9.48 Å². The van der Waals surface area contributed by atoms with Gasteiger partial charge in [-0.25, -0.2) is 18.7 Å². The summed E-state index contributed by atoms with van der Waals surface area (Å²) in [5.74, 6) is -1.46. The molecule has 5 aromatic rings. The molecule has 6 rings (SSSR count). The molecule has 0 unspecified atom stereocenters. The van der Waals surface area contributed by atoms with Gasteiger partial charge < -0.3 is 15.5 Å². The minimum Gasteiger partial charge on any atom is -0.375 e. The molecule has 206 valence electrons. The lowest BCUT2D eigenvalue weighted by atomic mass is 9.97. The quantitative estimate of drug-likeness (QED) is 0.288. The first-order chi connectivity index (χ1) is 19.7. The summed E-state index contributed by atoms with van der Waals surface area (Å²) in [4.78, 5) is 24.6. The van der Waals surface area contributed by atoms with Crippen molar-refractivity contribution in [3.8, 4) is 28.5 Å². The summed E-state index contributed by atoms with van der Waals surface area (Å²) in [6, 6.07) is 6.46. The first kappa shape index (κ1) is 26.6. The molecule has 3 aromatic heterocycles. The van der Waals surface area contributed by atoms with Gasteiger partial charge in [0.2, 0.25) is 5.91 Å². The molecular weight excluding hydrogens is 570 g/mol. The van der Waals surface area contributed by atoms with Crippen LogP contribution < -0.4 is 10.6 Å². The Balaban J connectivity index is 1.63. The number of aromatic nitrogens is 4. The Morgan fingerprint density at radius 2 is 1.98 bits per heavy atom. The van der Waals surface area contributed by atoms with Gasteiger partial charge in [0.05, 0.1) is 32.8 Å². The molecule has 13 heteroatoms. The minimum absolute atomic E-state index is 0.00356. The van der Waals surface area contributed by atoms with Crippen molar-refractivity contribution in [2.24, 2.45) is 7.05 Å². The SMILES string of the molecule is C=CC(=O)N1CCN(c2c(C#N)c(-c3cnn(C)c3)nc3c(F)c(-c4ccc(F)c5sc(N)nc45)c(Cl)cc23)CC1. The number of aryl methyl sites for hydroxylation is 1. The Hall–Kier alpha value is -4.60. The highest BCUT2D eigenvalue weighted by Crippen LogP contribution is 2.44. The van der Waals surface area contributed by atoms with Gasteiger partial charge >= 0.3 is 0 Å². The number of hydrogen-bond donors (Lipinski definition) is 1. The van der Waals surface area contributed by atoms with Crippen LogP contribution in [0, 0.1) is 23.0 Å². The number of fused-ring (bicyclic) bond motifs is 2. The number of amides is 1. The van der Waals surface area contributed by atoms with Crippen LogP contribution in [0.1, 0.15) is 5.56 Å². The van der Waals surface area contributed by atoms with Gasteiger partial charge in [0.15, 0.2) is 10.9 Å². The van der Waals surface area contributed by atoms with E-state index in [9.17, 15) is 14.4 Å². The molecule has 1 aliphatic rings. The lowest BCUT2D eigenvalue weighted by molar-refractivity contribution is -0.126. The average Bonchev–Trinajstić information content (AvgIpc) is 3.58. The molecule has 0 saturated carbocycles. The number of nitrogens with two attached hydrogens (primary N) is 1. The van der Waals surface area contributed by atoms with E-state index in [0.717, 1.165) is 11.3 Å². The van der Waals surface area contributed by atoms with Crippen LogP contribution >= 0.6 is 22.9 Å². The van der Waals surface area contributed by atoms with E-state index in [1.165, 1.54) is 18.2 Å². The van der Waals surface area contributed by atoms with Crippen molar-refractivity contribution in [2.75, 3.05) is 36.8 Å². The van der Waals surface area contributed by atoms with Crippen LogP contribution in [-0.4, -0.2) is 56.7 Å². The Labute approximate surface area is 241 Å². The topological polar surface area (TPSA) is 117 Å². The number of benzene rings is 2. The average molecular weight is 591 g/mol. The number of halogens is 3. The summed E-state index contributed by atoms with van der Waals surface area (Å²) in [5.41, 5.74) is 7.76. The highest BCUT2D eigenvalue weighted by atomic mass is 35.5. The zero-order chi connectivity index (χ0) is 29.0. The smallest absolute Gasteiger partial charge is 0.246 e. The van der Waals surface area contributed by atoms with Crippen LogP contribution in [0.3, 0.4) is 0 Å². The van der Waals surface area contributed by atoms with Crippen molar-refractivity contribution in [1.29, 1.82) is 5.26 Å². The molecule has 9 nitrogen and oxygen atoms in total. The van der Waals surface area contributed by atoms with Crippen molar-refractivity contribution in [3.63, 3.8) is 0 Å². The number of nitriles is 1. The third kappa shape index (κ3) is 4.34. The van der Waals surface area contributed by atoms with E-state index in [-0.39, 0.29) is 54.2 Å². The van der Waals surface area contributed by atoms with Crippen LogP contribution in [0.15, 0.2) is 43.2 Å². The van der Waals surface area contributed by atoms with Crippen molar-refractivity contribution in [1.82, 2.24) is 24.6 Å². The second kappa shape index (κ2) is 10.1. The summed E-state index contributed by atoms with van der Waals surface area (Å²) in [6.07, 6.45) is 4.50. The van der Waals surface area contributed by atoms with Gasteiger partial charge in [-0.15, -0.1) is 0 Å². The van der Waals surface area contributed by atoms with Gasteiger partial charge in [0.25, 0.3) is 0 Å². The number of rotatable bonds is 4. The molecule has 0 aliphatic carbocycles. The van der Waals surface area contributed by atoms with E-state index in [0.29, 0.717) is 42.8 Å². The largest absolute Gasteiger partial charge is 0.375 e. The van der Waals surface area contributed by atoms with E-state index in [1.807, 2.05) is 4.90 Å². The fourth-order valence-electron chi connectivity index (χ4n) is 5.22. The van der Waals surface area contributed by atoms with Crippen LogP contribution in [-0.2, 0) is 11.8 Å². The van der Waals surface area contributed by atoms with Gasteiger partial charge in [-0.1, -0.05) is 29.5 Å². The van der Waals surface area contributed by atoms with Gasteiger partial charge in [-0.05, 0) is 24.3 Å². The summed E-state index contributed by atoms with van der Waals surface area (Å²) in [7, 11) is 1.73. The van der Waals surface area contributed by atoms with Crippen LogP contribution in [0.5, 0.6) is 0 Å². The second-order valence-electron chi connectivity index (χ2n) is 9.48. The molecule has 1 saturated heterocycles. The standard InChI is InChI=1S/C28H21ClF2N8OS/c1-3-20(40)38-6-8-39(9-7-38)26-16-10-18(29)21(15-4-5-19(30)27-25(15)36-28(33)41-27)22(31)24(16)35-23(17(26)11-32)14-12-34-37(2)13-14/h3-5,10,12-13H,1,6-9H2,2H3,(H2,33,36). The van der Waals surface area contributed by atoms with Crippen LogP contribution in [0.2, 0.25) is 5.02 Å². The molecule has 0 bridgehead atoms. The molecule has 1 aliphatic heterocycles. The van der Waals surface area contributed by atoms with Crippen LogP contribution in [0.25, 0.3) is 43.5 Å². The molecule has 1 fully saturated rings. The lowest BCUT2D eigenvalue weighted by Gasteiger charge is -2.36. The van der Waals surface area contributed by atoms with E-state index >= 15 is 4.39 Å². The third-order valence-corrected chi connectivity index (χ3v) is 8.29. The number of carbonyl (C=O) groups is 1. The second-order valence-corrected chi connectivity index (χ2v) is 10.9. The number of pyridine rings is 1. The predicted octanol–water partition coefficient (Wildman–Crippen LogP) is 5.13. The number of thiazole rings is 1. The summed E-state index contributed by atoms with van der Waals surface area (Å²) in [5, 5.41) is 15.1. The minimum atomic E-state index is -0.747. The number of carbonyl (C=O) groups excluding carboxylic acids is 1. The van der Waals surface area contributed by atoms with Crippen LogP contribution in [0.4, 0.5) is 19.6 Å². The van der Waals surface area contributed by atoms with E-state index in [4.69, 9.17) is 17.3 Å². The molecule has 2 N–H and O–H groups in total. The molecule has 1 amide bonds. The van der Waals surface area contributed by atoms with Crippen molar-refractivity contribution >= 4 is 60.8 Å². The highest BCUT2D eigenvalue weighted by Gasteiger charge is 2.29. The maximum absolute atomic E-state index is 16.7. The van der Waals surface area contributed by atoms with Gasteiger partial charge in [-0.2, -0.15) is 10.4 Å².